The highest BCUT2D eigenvalue weighted by molar-refractivity contribution is 7.52. The lowest BCUT2D eigenvalue weighted by Crippen LogP contribution is -2.46. The van der Waals surface area contributed by atoms with Gasteiger partial charge in [0.25, 0.3) is 0 Å². The lowest BCUT2D eigenvalue weighted by atomic mass is 10.1. The van der Waals surface area contributed by atoms with Gasteiger partial charge in [0.1, 0.15) is 35.4 Å². The van der Waals surface area contributed by atoms with Crippen LogP contribution in [0.1, 0.15) is 33.9 Å². The van der Waals surface area contributed by atoms with Crippen molar-refractivity contribution in [3.05, 3.63) is 63.5 Å². The molecule has 2 heterocycles. The fourth-order valence-electron chi connectivity index (χ4n) is 3.49. The predicted molar refractivity (Wildman–Crippen MR) is 136 cm³/mol. The molecule has 17 heteroatoms. The number of aromatic nitrogens is 2. The molecule has 1 aromatic heterocycles. The normalized spacial score (nSPS) is 25.2. The molecule has 16 nitrogen and oxygen atoms in total. The number of anilines is 1. The zero-order valence-electron chi connectivity index (χ0n) is 21.6. The first-order valence-electron chi connectivity index (χ1n) is 11.6. The van der Waals surface area contributed by atoms with Crippen molar-refractivity contribution < 1.29 is 38.1 Å². The maximum absolute atomic E-state index is 13.8. The topological polar surface area (TPSA) is 233 Å². The van der Waals surface area contributed by atoms with Crippen molar-refractivity contribution in [2.75, 3.05) is 12.3 Å². The van der Waals surface area contributed by atoms with Gasteiger partial charge in [-0.1, -0.05) is 23.3 Å². The van der Waals surface area contributed by atoms with Crippen LogP contribution in [0.5, 0.6) is 5.75 Å². The van der Waals surface area contributed by atoms with E-state index in [1.807, 2.05) is 0 Å². The number of nitrogens with zero attached hydrogens (tertiary/aromatic N) is 5. The SMILES string of the molecule is C[C@@H](NP(=O)(OC[C@@]1(N=[N+]=[N-])O[C@@H](n2ccc(N)nc2=O)[C@H](O)[C@@H]1O)Oc1ccccc1)C(=O)OC(C)(C)C. The molecule has 212 valence electrons. The van der Waals surface area contributed by atoms with Crippen LogP contribution < -0.4 is 21.0 Å². The van der Waals surface area contributed by atoms with Gasteiger partial charge in [0, 0.05) is 11.1 Å². The second kappa shape index (κ2) is 11.7. The number of benzene rings is 1. The molecule has 0 amide bonds. The third-order valence-corrected chi connectivity index (χ3v) is 6.89. The summed E-state index contributed by atoms with van der Waals surface area (Å²) in [7, 11) is -4.49. The van der Waals surface area contributed by atoms with Crippen LogP contribution in [0.2, 0.25) is 0 Å². The molecular weight excluding hydrogens is 537 g/mol. The molecule has 0 saturated carbocycles. The number of nitrogens with one attached hydrogen (secondary N) is 1. The Bertz CT molecular complexity index is 1330. The number of para-hydroxylation sites is 1. The molecule has 1 aliphatic rings. The minimum Gasteiger partial charge on any atom is -0.459 e. The van der Waals surface area contributed by atoms with Crippen LogP contribution >= 0.6 is 7.75 Å². The summed E-state index contributed by atoms with van der Waals surface area (Å²) < 4.78 is 36.6. The molecule has 0 bridgehead atoms. The van der Waals surface area contributed by atoms with Gasteiger partial charge in [-0.05, 0) is 51.4 Å². The minimum atomic E-state index is -4.49. The van der Waals surface area contributed by atoms with Gasteiger partial charge in [-0.3, -0.25) is 13.9 Å². The molecule has 1 aromatic carbocycles. The summed E-state index contributed by atoms with van der Waals surface area (Å²) in [5, 5.41) is 27.3. The van der Waals surface area contributed by atoms with Crippen LogP contribution in [0.3, 0.4) is 0 Å². The van der Waals surface area contributed by atoms with Gasteiger partial charge in [-0.2, -0.15) is 10.1 Å². The zero-order chi connectivity index (χ0) is 29.0. The van der Waals surface area contributed by atoms with Crippen LogP contribution in [0, 0.1) is 0 Å². The summed E-state index contributed by atoms with van der Waals surface area (Å²) in [6.07, 6.45) is -4.20. The highest BCUT2D eigenvalue weighted by Crippen LogP contribution is 2.48. The molecule has 1 saturated heterocycles. The fraction of sp³-hybridized carbons (Fsp3) is 0.500. The molecule has 2 aromatic rings. The number of esters is 1. The molecule has 5 N–H and O–H groups in total. The number of carbonyl (C=O) groups excluding carboxylic acids is 1. The first kappa shape index (κ1) is 30.1. The van der Waals surface area contributed by atoms with Crippen molar-refractivity contribution in [3.8, 4) is 5.75 Å². The molecular formula is C22H30N7O9P. The van der Waals surface area contributed by atoms with Gasteiger partial charge in [-0.25, -0.2) is 9.36 Å². The van der Waals surface area contributed by atoms with E-state index in [0.717, 1.165) is 10.8 Å². The van der Waals surface area contributed by atoms with Crippen LogP contribution in [0.15, 0.2) is 52.5 Å². The Balaban J connectivity index is 1.91. The summed E-state index contributed by atoms with van der Waals surface area (Å²) >= 11 is 0. The maximum atomic E-state index is 13.8. The first-order chi connectivity index (χ1) is 18.2. The van der Waals surface area contributed by atoms with Crippen molar-refractivity contribution in [3.63, 3.8) is 0 Å². The lowest BCUT2D eigenvalue weighted by Gasteiger charge is -2.30. The van der Waals surface area contributed by atoms with Crippen molar-refractivity contribution >= 4 is 19.5 Å². The van der Waals surface area contributed by atoms with Gasteiger partial charge in [0.05, 0.1) is 6.61 Å². The van der Waals surface area contributed by atoms with Crippen molar-refractivity contribution in [1.82, 2.24) is 14.6 Å². The number of ether oxygens (including phenoxy) is 2. The quantitative estimate of drug-likeness (QED) is 0.105. The molecule has 1 fully saturated rings. The van der Waals surface area contributed by atoms with E-state index in [4.69, 9.17) is 24.3 Å². The summed E-state index contributed by atoms with van der Waals surface area (Å²) in [6.45, 7) is 5.38. The van der Waals surface area contributed by atoms with Gasteiger partial charge in [0.2, 0.25) is 5.72 Å². The Hall–Kier alpha value is -3.49. The van der Waals surface area contributed by atoms with Gasteiger partial charge >= 0.3 is 19.4 Å². The number of nitrogen functional groups attached to an aromatic ring is 1. The van der Waals surface area contributed by atoms with Crippen molar-refractivity contribution in [1.29, 1.82) is 0 Å². The Labute approximate surface area is 222 Å². The van der Waals surface area contributed by atoms with E-state index in [9.17, 15) is 29.9 Å². The van der Waals surface area contributed by atoms with Crippen molar-refractivity contribution in [2.24, 2.45) is 5.11 Å². The molecule has 6 atom stereocenters. The Morgan fingerprint density at radius 2 is 2.03 bits per heavy atom. The summed E-state index contributed by atoms with van der Waals surface area (Å²) in [5.41, 5.74) is 10.5. The maximum Gasteiger partial charge on any atom is 0.459 e. The lowest BCUT2D eigenvalue weighted by molar-refractivity contribution is -0.156. The molecule has 0 radical (unpaired) electrons. The Kier molecular flexibility index (Phi) is 9.03. The highest BCUT2D eigenvalue weighted by Gasteiger charge is 2.56. The number of carbonyl (C=O) groups is 1. The predicted octanol–water partition coefficient (Wildman–Crippen LogP) is 1.61. The molecule has 0 aliphatic carbocycles. The van der Waals surface area contributed by atoms with Crippen molar-refractivity contribution in [2.45, 2.75) is 63.5 Å². The van der Waals surface area contributed by atoms with Crippen LogP contribution in [-0.2, 0) is 23.4 Å². The summed E-state index contributed by atoms with van der Waals surface area (Å²) in [4.78, 5) is 31.0. The molecule has 0 spiro atoms. The van der Waals surface area contributed by atoms with E-state index in [2.05, 4.69) is 20.1 Å². The average molecular weight is 567 g/mol. The summed E-state index contributed by atoms with van der Waals surface area (Å²) in [5.74, 6) is -0.776. The van der Waals surface area contributed by atoms with Crippen LogP contribution in [-0.4, -0.2) is 61.9 Å². The Morgan fingerprint density at radius 3 is 2.62 bits per heavy atom. The number of azide groups is 1. The smallest absolute Gasteiger partial charge is 0.459 e. The van der Waals surface area contributed by atoms with E-state index in [1.54, 1.807) is 39.0 Å². The van der Waals surface area contributed by atoms with E-state index in [0.29, 0.717) is 0 Å². The van der Waals surface area contributed by atoms with Gasteiger partial charge < -0.3 is 29.9 Å². The number of nitrogens with two attached hydrogens (primary N) is 1. The van der Waals surface area contributed by atoms with E-state index >= 15 is 0 Å². The number of hydrogen-bond donors (Lipinski definition) is 4. The van der Waals surface area contributed by atoms with Gasteiger partial charge in [-0.15, -0.1) is 0 Å². The monoisotopic (exact) mass is 567 g/mol. The molecule has 1 unspecified atom stereocenters. The number of aliphatic hydroxyl groups excluding tert-OH is 2. The third kappa shape index (κ3) is 7.34. The largest absolute Gasteiger partial charge is 0.459 e. The van der Waals surface area contributed by atoms with E-state index in [-0.39, 0.29) is 11.6 Å². The standard InChI is InChI=1S/C22H30N7O9P/c1-13(19(32)37-21(2,3)4)26-39(34,38-14-8-6-5-7-9-14)35-12-22(27-28-24)17(31)16(30)18(36-22)29-11-10-15(23)25-20(29)33/h5-11,13,16-18,30-31H,12H2,1-4H3,(H,26,34)(H2,23,25,33)/t13-,16-,17+,18-,22-,39?/m1/s1. The summed E-state index contributed by atoms with van der Waals surface area (Å²) in [6, 6.07) is 7.87. The second-order valence-electron chi connectivity index (χ2n) is 9.58. The van der Waals surface area contributed by atoms with Gasteiger partial charge in [0.15, 0.2) is 6.23 Å². The minimum absolute atomic E-state index is 0.0906. The van der Waals surface area contributed by atoms with E-state index in [1.165, 1.54) is 25.1 Å². The Morgan fingerprint density at radius 1 is 1.36 bits per heavy atom. The van der Waals surface area contributed by atoms with Crippen LogP contribution in [0.25, 0.3) is 10.4 Å². The molecule has 3 rings (SSSR count). The number of rotatable bonds is 10. The molecule has 1 aliphatic heterocycles. The average Bonchev–Trinajstić information content (AvgIpc) is 3.08. The fourth-order valence-corrected chi connectivity index (χ4v) is 5.00. The number of aliphatic hydroxyl groups is 2. The third-order valence-electron chi connectivity index (χ3n) is 5.26. The molecule has 39 heavy (non-hydrogen) atoms. The zero-order valence-corrected chi connectivity index (χ0v) is 22.5. The first-order valence-corrected chi connectivity index (χ1v) is 13.2. The second-order valence-corrected chi connectivity index (χ2v) is 11.3. The number of hydrogen-bond acceptors (Lipinski definition) is 12. The highest BCUT2D eigenvalue weighted by atomic mass is 31.2. The van der Waals surface area contributed by atoms with Crippen LogP contribution in [0.4, 0.5) is 5.82 Å². The van der Waals surface area contributed by atoms with E-state index < -0.39 is 61.8 Å².